The summed E-state index contributed by atoms with van der Waals surface area (Å²) < 4.78 is 1.96. The molecule has 0 saturated carbocycles. The van der Waals surface area contributed by atoms with Gasteiger partial charge in [0.15, 0.2) is 0 Å². The Bertz CT molecular complexity index is 1140. The number of nitrogens with one attached hydrogen (secondary N) is 1. The number of rotatable bonds is 7. The summed E-state index contributed by atoms with van der Waals surface area (Å²) in [7, 11) is 0. The Kier molecular flexibility index (Phi) is 8.70. The molecule has 1 aliphatic rings. The molecule has 0 radical (unpaired) electrons. The summed E-state index contributed by atoms with van der Waals surface area (Å²) in [4.78, 5) is 13.2. The van der Waals surface area contributed by atoms with E-state index in [1.165, 1.54) is 35.9 Å². The Morgan fingerprint density at radius 2 is 1.79 bits per heavy atom. The number of hydrazine groups is 1. The minimum atomic E-state index is -0.303. The molecule has 0 atom stereocenters. The van der Waals surface area contributed by atoms with Crippen LogP contribution in [0.5, 0.6) is 0 Å². The fourth-order valence-corrected chi connectivity index (χ4v) is 5.42. The quantitative estimate of drug-likeness (QED) is 0.296. The van der Waals surface area contributed by atoms with Gasteiger partial charge < -0.3 is 0 Å². The van der Waals surface area contributed by atoms with Crippen molar-refractivity contribution in [2.24, 2.45) is 0 Å². The number of halogens is 3. The van der Waals surface area contributed by atoms with Gasteiger partial charge in [-0.3, -0.25) is 5.43 Å². The molecule has 1 amide bonds. The first kappa shape index (κ1) is 25.2. The zero-order chi connectivity index (χ0) is 24.1. The molecule has 1 fully saturated rings. The van der Waals surface area contributed by atoms with E-state index < -0.39 is 0 Å². The van der Waals surface area contributed by atoms with E-state index in [2.05, 4.69) is 52.5 Å². The van der Waals surface area contributed by atoms with Crippen LogP contribution >= 0.6 is 39.1 Å². The first-order chi connectivity index (χ1) is 16.5. The summed E-state index contributed by atoms with van der Waals surface area (Å²) in [5.74, 6) is 0. The predicted octanol–water partition coefficient (Wildman–Crippen LogP) is 7.98. The van der Waals surface area contributed by atoms with E-state index in [1.54, 1.807) is 12.1 Å². The van der Waals surface area contributed by atoms with Crippen LogP contribution in [-0.2, 0) is 6.42 Å². The highest BCUT2D eigenvalue weighted by Crippen LogP contribution is 2.40. The van der Waals surface area contributed by atoms with Crippen molar-refractivity contribution in [1.29, 1.82) is 0 Å². The predicted molar refractivity (Wildman–Crippen MR) is 143 cm³/mol. The molecule has 0 aliphatic carbocycles. The van der Waals surface area contributed by atoms with Crippen molar-refractivity contribution >= 4 is 45.2 Å². The van der Waals surface area contributed by atoms with E-state index >= 15 is 0 Å². The number of aryl methyl sites for hydroxylation is 1. The van der Waals surface area contributed by atoms with Gasteiger partial charge >= 0.3 is 6.03 Å². The summed E-state index contributed by atoms with van der Waals surface area (Å²) in [6, 6.07) is 13.5. The zero-order valence-electron chi connectivity index (χ0n) is 19.3. The fraction of sp³-hybridized carbons (Fsp3) is 0.385. The standard InChI is InChI=1S/C26H29BrCl2N4O/c1-2-3-5-8-18-9-11-19(12-10-18)23-24(21-14-13-20(28)17-22(21)29)30-33(25(23)27)26(34)31-32-15-6-4-7-16-32/h9-14,17H,2-8,15-16H2,1H3,(H,31,34). The molecule has 1 aromatic heterocycles. The molecule has 0 bridgehead atoms. The van der Waals surface area contributed by atoms with Gasteiger partial charge in [-0.1, -0.05) is 73.7 Å². The van der Waals surface area contributed by atoms with Crippen LogP contribution in [0.1, 0.15) is 51.0 Å². The molecule has 2 aromatic carbocycles. The number of amides is 1. The number of piperidine rings is 1. The lowest BCUT2D eigenvalue weighted by molar-refractivity contribution is 0.154. The smallest absolute Gasteiger partial charge is 0.269 e. The first-order valence-corrected chi connectivity index (χ1v) is 13.4. The van der Waals surface area contributed by atoms with Crippen LogP contribution < -0.4 is 5.43 Å². The van der Waals surface area contributed by atoms with Crippen molar-refractivity contribution < 1.29 is 4.79 Å². The van der Waals surface area contributed by atoms with Gasteiger partial charge in [0.2, 0.25) is 0 Å². The minimum Gasteiger partial charge on any atom is -0.269 e. The minimum absolute atomic E-state index is 0.303. The lowest BCUT2D eigenvalue weighted by Gasteiger charge is -2.26. The average Bonchev–Trinajstić information content (AvgIpc) is 3.17. The molecule has 1 aliphatic heterocycles. The van der Waals surface area contributed by atoms with Crippen LogP contribution in [0.15, 0.2) is 47.1 Å². The Balaban J connectivity index is 1.72. The highest BCUT2D eigenvalue weighted by molar-refractivity contribution is 9.10. The van der Waals surface area contributed by atoms with Gasteiger partial charge in [0.25, 0.3) is 0 Å². The van der Waals surface area contributed by atoms with Gasteiger partial charge in [-0.25, -0.2) is 9.80 Å². The molecule has 0 spiro atoms. The number of carbonyl (C=O) groups excluding carboxylic acids is 1. The SMILES string of the molecule is CCCCCc1ccc(-c2c(-c3ccc(Cl)cc3Cl)nn(C(=O)NN3CCCCC3)c2Br)cc1. The van der Waals surface area contributed by atoms with E-state index in [1.807, 2.05) is 11.1 Å². The van der Waals surface area contributed by atoms with Crippen LogP contribution in [0.3, 0.4) is 0 Å². The number of nitrogens with zero attached hydrogens (tertiary/aromatic N) is 3. The normalized spacial score (nSPS) is 14.4. The molecule has 5 nitrogen and oxygen atoms in total. The van der Waals surface area contributed by atoms with Crippen molar-refractivity contribution in [2.45, 2.75) is 51.9 Å². The van der Waals surface area contributed by atoms with Crippen LogP contribution in [0.2, 0.25) is 10.0 Å². The summed E-state index contributed by atoms with van der Waals surface area (Å²) in [6.45, 7) is 3.89. The zero-order valence-corrected chi connectivity index (χ0v) is 22.4. The molecule has 34 heavy (non-hydrogen) atoms. The Hall–Kier alpha value is -1.86. The van der Waals surface area contributed by atoms with Crippen LogP contribution in [0, 0.1) is 0 Å². The molecular formula is C26H29BrCl2N4O. The van der Waals surface area contributed by atoms with Crippen molar-refractivity contribution in [3.05, 3.63) is 62.7 Å². The number of aromatic nitrogens is 2. The maximum absolute atomic E-state index is 13.2. The molecule has 1 saturated heterocycles. The molecule has 4 rings (SSSR count). The second kappa shape index (κ2) is 11.7. The molecule has 180 valence electrons. The number of unbranched alkanes of at least 4 members (excludes halogenated alkanes) is 2. The summed E-state index contributed by atoms with van der Waals surface area (Å²) in [5.41, 5.74) is 7.42. The van der Waals surface area contributed by atoms with Crippen LogP contribution in [0.25, 0.3) is 22.4 Å². The Morgan fingerprint density at radius 1 is 1.06 bits per heavy atom. The number of hydrogen-bond acceptors (Lipinski definition) is 3. The van der Waals surface area contributed by atoms with Gasteiger partial charge in [-0.2, -0.15) is 9.78 Å². The van der Waals surface area contributed by atoms with E-state index in [9.17, 15) is 4.79 Å². The summed E-state index contributed by atoms with van der Waals surface area (Å²) in [6.07, 6.45) is 8.00. The Labute approximate surface area is 219 Å². The van der Waals surface area contributed by atoms with Crippen LogP contribution in [-0.4, -0.2) is 33.9 Å². The highest BCUT2D eigenvalue weighted by atomic mass is 79.9. The molecule has 8 heteroatoms. The van der Waals surface area contributed by atoms with E-state index in [-0.39, 0.29) is 6.03 Å². The maximum atomic E-state index is 13.2. The molecule has 2 heterocycles. The Morgan fingerprint density at radius 3 is 2.47 bits per heavy atom. The molecule has 0 unspecified atom stereocenters. The topological polar surface area (TPSA) is 50.2 Å². The molecule has 3 aromatic rings. The van der Waals surface area contributed by atoms with Gasteiger partial charge in [-0.15, -0.1) is 0 Å². The monoisotopic (exact) mass is 562 g/mol. The number of benzene rings is 2. The van der Waals surface area contributed by atoms with Crippen molar-refractivity contribution in [3.63, 3.8) is 0 Å². The number of carbonyl (C=O) groups is 1. The van der Waals surface area contributed by atoms with Gasteiger partial charge in [0.05, 0.1) is 5.02 Å². The maximum Gasteiger partial charge on any atom is 0.357 e. The van der Waals surface area contributed by atoms with Gasteiger partial charge in [-0.05, 0) is 70.9 Å². The van der Waals surface area contributed by atoms with E-state index in [4.69, 9.17) is 28.3 Å². The highest BCUT2D eigenvalue weighted by Gasteiger charge is 2.25. The third-order valence-corrected chi connectivity index (χ3v) is 7.41. The van der Waals surface area contributed by atoms with Crippen molar-refractivity contribution in [1.82, 2.24) is 20.2 Å². The van der Waals surface area contributed by atoms with Crippen molar-refractivity contribution in [2.75, 3.05) is 13.1 Å². The fourth-order valence-electron chi connectivity index (χ4n) is 4.26. The lowest BCUT2D eigenvalue weighted by atomic mass is 9.99. The largest absolute Gasteiger partial charge is 0.357 e. The second-order valence-electron chi connectivity index (χ2n) is 8.67. The summed E-state index contributed by atoms with van der Waals surface area (Å²) >= 11 is 16.4. The molecule has 1 N–H and O–H groups in total. The van der Waals surface area contributed by atoms with Crippen LogP contribution in [0.4, 0.5) is 4.79 Å². The number of hydrogen-bond donors (Lipinski definition) is 1. The van der Waals surface area contributed by atoms with E-state index in [0.29, 0.717) is 20.3 Å². The summed E-state index contributed by atoms with van der Waals surface area (Å²) in [5, 5.41) is 7.69. The lowest BCUT2D eigenvalue weighted by Crippen LogP contribution is -2.47. The van der Waals surface area contributed by atoms with Gasteiger partial charge in [0.1, 0.15) is 10.3 Å². The third-order valence-electron chi connectivity index (χ3n) is 6.13. The third kappa shape index (κ3) is 5.85. The van der Waals surface area contributed by atoms with E-state index in [0.717, 1.165) is 49.0 Å². The average molecular weight is 564 g/mol. The second-order valence-corrected chi connectivity index (χ2v) is 10.3. The first-order valence-electron chi connectivity index (χ1n) is 11.9. The molecular weight excluding hydrogens is 535 g/mol. The van der Waals surface area contributed by atoms with Crippen molar-refractivity contribution in [3.8, 4) is 22.4 Å². The van der Waals surface area contributed by atoms with Gasteiger partial charge in [0, 0.05) is 29.2 Å².